The van der Waals surface area contributed by atoms with Crippen molar-refractivity contribution in [3.63, 3.8) is 0 Å². The lowest BCUT2D eigenvalue weighted by Crippen LogP contribution is -2.49. The molecule has 0 amide bonds. The van der Waals surface area contributed by atoms with Crippen molar-refractivity contribution in [1.29, 1.82) is 0 Å². The highest BCUT2D eigenvalue weighted by molar-refractivity contribution is 7.46. The van der Waals surface area contributed by atoms with Crippen LogP contribution in [0.4, 0.5) is 10.1 Å². The molecule has 0 spiro atoms. The van der Waals surface area contributed by atoms with Gasteiger partial charge in [0, 0.05) is 62.8 Å². The molecule has 3 unspecified atom stereocenters. The van der Waals surface area contributed by atoms with Crippen molar-refractivity contribution < 1.29 is 48.4 Å². The van der Waals surface area contributed by atoms with E-state index in [1.54, 1.807) is 6.07 Å². The number of anilines is 1. The largest absolute Gasteiger partial charge is 0.494 e. The molecule has 1 saturated heterocycles. The molecule has 2 heterocycles. The van der Waals surface area contributed by atoms with E-state index < -0.39 is 26.1 Å². The molecule has 212 valence electrons. The first kappa shape index (κ1) is 28.6. The van der Waals surface area contributed by atoms with E-state index in [4.69, 9.17) is 14.5 Å². The van der Waals surface area contributed by atoms with Crippen molar-refractivity contribution in [1.82, 2.24) is 9.47 Å². The molecule has 1 aromatic heterocycles. The van der Waals surface area contributed by atoms with Crippen molar-refractivity contribution >= 4 is 13.5 Å². The van der Waals surface area contributed by atoms with Gasteiger partial charge in [0.05, 0.1) is 36.6 Å². The molecule has 3 atom stereocenters. The summed E-state index contributed by atoms with van der Waals surface area (Å²) in [5.41, 5.74) is 1.13. The summed E-state index contributed by atoms with van der Waals surface area (Å²) in [7, 11) is -4.87. The number of phosphoric acid groups is 1. The number of nitrogens with zero attached hydrogens (tertiary/aromatic N) is 3. The number of β-amino-alcohol motifs (C(OH)–C–C–N with tert-alkyl or cyclic N) is 1. The van der Waals surface area contributed by atoms with E-state index in [1.807, 2.05) is 23.6 Å². The fourth-order valence-corrected chi connectivity index (χ4v) is 5.66. The Labute approximate surface area is 219 Å². The van der Waals surface area contributed by atoms with Crippen LogP contribution in [0, 0.1) is 5.82 Å². The summed E-state index contributed by atoms with van der Waals surface area (Å²) in [6, 6.07) is 4.44. The number of fused-ring (bicyclic) bond motifs is 1. The maximum atomic E-state index is 13.9. The standard InChI is InChI=1S/C24H35FN3O9P/c1-14(2)36-21-4-3-15(25)9-19(21)27-7-5-26(6-8-27)12-16(29)13-28-23(31)17-10-20(30)22(37-38(33,34)35)11-18(17)24(28)32/h3-4,9,14,16,20,22,29-32H,5-8,10-13H2,1-2H3,(H2,33,34,35). The number of halogens is 1. The van der Waals surface area contributed by atoms with Crippen LogP contribution in [0.25, 0.3) is 0 Å². The Morgan fingerprint density at radius 1 is 1.05 bits per heavy atom. The number of aromatic nitrogens is 1. The minimum atomic E-state index is -4.87. The second kappa shape index (κ2) is 11.4. The number of rotatable bonds is 9. The summed E-state index contributed by atoms with van der Waals surface area (Å²) < 4.78 is 36.7. The van der Waals surface area contributed by atoms with Crippen LogP contribution >= 0.6 is 7.82 Å². The van der Waals surface area contributed by atoms with Gasteiger partial charge in [0.15, 0.2) is 11.8 Å². The lowest BCUT2D eigenvalue weighted by atomic mass is 9.90. The van der Waals surface area contributed by atoms with Gasteiger partial charge in [0.25, 0.3) is 0 Å². The monoisotopic (exact) mass is 559 g/mol. The number of hydrogen-bond donors (Lipinski definition) is 6. The zero-order valence-corrected chi connectivity index (χ0v) is 22.2. The van der Waals surface area contributed by atoms with Gasteiger partial charge in [-0.1, -0.05) is 0 Å². The van der Waals surface area contributed by atoms with Gasteiger partial charge < -0.3 is 39.8 Å². The summed E-state index contributed by atoms with van der Waals surface area (Å²) in [5, 5.41) is 42.3. The summed E-state index contributed by atoms with van der Waals surface area (Å²) in [6.07, 6.45) is -3.96. The SMILES string of the molecule is CC(C)Oc1ccc(F)cc1N1CCN(CC(O)Cn2c(O)c3c(c2O)CC(OP(=O)(O)O)C(O)C3)CC1. The molecular formula is C24H35FN3O9P. The van der Waals surface area contributed by atoms with Gasteiger partial charge in [0.1, 0.15) is 11.6 Å². The second-order valence-electron chi connectivity index (χ2n) is 10.0. The predicted molar refractivity (Wildman–Crippen MR) is 135 cm³/mol. The van der Waals surface area contributed by atoms with E-state index in [0.717, 1.165) is 4.57 Å². The normalized spacial score (nSPS) is 21.5. The van der Waals surface area contributed by atoms with Crippen LogP contribution in [0.5, 0.6) is 17.5 Å². The highest BCUT2D eigenvalue weighted by Crippen LogP contribution is 2.44. The zero-order valence-electron chi connectivity index (χ0n) is 21.3. The Hall–Kier alpha value is -2.38. The number of aliphatic hydroxyl groups is 2. The van der Waals surface area contributed by atoms with E-state index in [2.05, 4.69) is 4.52 Å². The number of phosphoric ester groups is 1. The molecule has 1 aliphatic carbocycles. The van der Waals surface area contributed by atoms with Crippen molar-refractivity contribution in [2.75, 3.05) is 37.6 Å². The van der Waals surface area contributed by atoms with Crippen LogP contribution in [-0.4, -0.2) is 96.8 Å². The third kappa shape index (κ3) is 6.60. The molecule has 6 N–H and O–H groups in total. The highest BCUT2D eigenvalue weighted by Gasteiger charge is 2.38. The number of aliphatic hydroxyl groups excluding tert-OH is 2. The van der Waals surface area contributed by atoms with Crippen LogP contribution in [0.1, 0.15) is 25.0 Å². The number of piperazine rings is 1. The molecule has 14 heteroatoms. The zero-order chi connectivity index (χ0) is 27.8. The van der Waals surface area contributed by atoms with Gasteiger partial charge >= 0.3 is 7.82 Å². The minimum absolute atomic E-state index is 0.0596. The van der Waals surface area contributed by atoms with E-state index >= 15 is 0 Å². The first-order valence-electron chi connectivity index (χ1n) is 12.5. The van der Waals surface area contributed by atoms with E-state index in [0.29, 0.717) is 37.6 Å². The van der Waals surface area contributed by atoms with E-state index in [1.165, 1.54) is 12.1 Å². The number of ether oxygens (including phenoxy) is 1. The minimum Gasteiger partial charge on any atom is -0.494 e. The van der Waals surface area contributed by atoms with Crippen LogP contribution in [0.2, 0.25) is 0 Å². The van der Waals surface area contributed by atoms with Crippen LogP contribution in [0.15, 0.2) is 18.2 Å². The van der Waals surface area contributed by atoms with Crippen molar-refractivity contribution in [3.8, 4) is 17.5 Å². The first-order valence-corrected chi connectivity index (χ1v) is 14.0. The topological polar surface area (TPSA) is 168 Å². The van der Waals surface area contributed by atoms with E-state index in [-0.39, 0.29) is 60.7 Å². The van der Waals surface area contributed by atoms with Gasteiger partial charge in [-0.3, -0.25) is 14.0 Å². The molecule has 12 nitrogen and oxygen atoms in total. The lowest BCUT2D eigenvalue weighted by Gasteiger charge is -2.37. The molecule has 0 bridgehead atoms. The smallest absolute Gasteiger partial charge is 0.469 e. The molecule has 2 aliphatic rings. The molecule has 38 heavy (non-hydrogen) atoms. The molecule has 1 aliphatic heterocycles. The third-order valence-corrected chi connectivity index (χ3v) is 7.34. The molecule has 1 aromatic carbocycles. The number of hydrogen-bond acceptors (Lipinski definition) is 9. The third-order valence-electron chi connectivity index (χ3n) is 6.79. The summed E-state index contributed by atoms with van der Waals surface area (Å²) in [5.74, 6) is -0.415. The van der Waals surface area contributed by atoms with E-state index in [9.17, 15) is 29.4 Å². The molecular weight excluding hydrogens is 524 g/mol. The second-order valence-corrected chi connectivity index (χ2v) is 11.2. The quantitative estimate of drug-likeness (QED) is 0.242. The van der Waals surface area contributed by atoms with Crippen LogP contribution in [0.3, 0.4) is 0 Å². The summed E-state index contributed by atoms with van der Waals surface area (Å²) >= 11 is 0. The molecule has 2 aromatic rings. The van der Waals surface area contributed by atoms with Gasteiger partial charge in [-0.25, -0.2) is 8.96 Å². The summed E-state index contributed by atoms with van der Waals surface area (Å²) in [6.45, 7) is 6.25. The Balaban J connectivity index is 1.37. The molecule has 1 fully saturated rings. The maximum Gasteiger partial charge on any atom is 0.469 e. The average molecular weight is 560 g/mol. The highest BCUT2D eigenvalue weighted by atomic mass is 31.2. The van der Waals surface area contributed by atoms with Crippen LogP contribution in [-0.2, 0) is 28.5 Å². The fourth-order valence-electron chi connectivity index (χ4n) is 5.09. The Bertz CT molecular complexity index is 1180. The Morgan fingerprint density at radius 2 is 1.68 bits per heavy atom. The lowest BCUT2D eigenvalue weighted by molar-refractivity contribution is 0.0115. The van der Waals surface area contributed by atoms with Crippen LogP contribution < -0.4 is 9.64 Å². The van der Waals surface area contributed by atoms with Crippen molar-refractivity contribution in [3.05, 3.63) is 35.1 Å². The number of aromatic hydroxyl groups is 2. The fraction of sp³-hybridized carbons (Fsp3) is 0.583. The van der Waals surface area contributed by atoms with Crippen molar-refractivity contribution in [2.24, 2.45) is 0 Å². The molecule has 0 saturated carbocycles. The number of benzene rings is 1. The Kier molecular flexibility index (Phi) is 8.58. The summed E-state index contributed by atoms with van der Waals surface area (Å²) in [4.78, 5) is 22.2. The van der Waals surface area contributed by atoms with Crippen molar-refractivity contribution in [2.45, 2.75) is 57.6 Å². The Morgan fingerprint density at radius 3 is 2.29 bits per heavy atom. The molecule has 0 radical (unpaired) electrons. The van der Waals surface area contributed by atoms with Gasteiger partial charge in [0.2, 0.25) is 0 Å². The van der Waals surface area contributed by atoms with Gasteiger partial charge in [-0.2, -0.15) is 0 Å². The van der Waals surface area contributed by atoms with Gasteiger partial charge in [-0.15, -0.1) is 0 Å². The first-order chi connectivity index (χ1) is 17.8. The predicted octanol–water partition coefficient (Wildman–Crippen LogP) is 0.946. The average Bonchev–Trinajstić information content (AvgIpc) is 3.04. The maximum absolute atomic E-state index is 13.9. The van der Waals surface area contributed by atoms with Gasteiger partial charge in [-0.05, 0) is 26.0 Å². The molecule has 4 rings (SSSR count).